The molecule has 0 aliphatic carbocycles. The molecule has 0 saturated carbocycles. The summed E-state index contributed by atoms with van der Waals surface area (Å²) < 4.78 is 8.61. The molecule has 0 amide bonds. The van der Waals surface area contributed by atoms with Crippen LogP contribution in [0.25, 0.3) is 22.0 Å². The Labute approximate surface area is 248 Å². The molecule has 0 spiro atoms. The van der Waals surface area contributed by atoms with Gasteiger partial charge in [-0.2, -0.15) is 0 Å². The smallest absolute Gasteiger partial charge is 0.275 e. The Morgan fingerprint density at radius 3 is 2.49 bits per heavy atom. The Kier molecular flexibility index (Phi) is 8.88. The molecule has 0 atom stereocenters. The van der Waals surface area contributed by atoms with E-state index in [4.69, 9.17) is 2.51 Å². The summed E-state index contributed by atoms with van der Waals surface area (Å²) >= 11 is 2.93. The highest BCUT2D eigenvalue weighted by Crippen LogP contribution is 2.35. The highest BCUT2D eigenvalue weighted by Gasteiger charge is 2.21. The van der Waals surface area contributed by atoms with Crippen LogP contribution < -0.4 is 10.9 Å². The average Bonchev–Trinajstić information content (AvgIpc) is 3.35. The first-order valence-electron chi connectivity index (χ1n) is 13.6. The number of piperidine rings is 1. The summed E-state index contributed by atoms with van der Waals surface area (Å²) in [6.45, 7) is 5.90. The number of nitrogens with zero attached hydrogens (tertiary/aromatic N) is 2. The summed E-state index contributed by atoms with van der Waals surface area (Å²) in [6, 6.07) is 17.2. The third-order valence-electron chi connectivity index (χ3n) is 7.92. The lowest BCUT2D eigenvalue weighted by Gasteiger charge is -2.22. The van der Waals surface area contributed by atoms with Gasteiger partial charge in [-0.15, -0.1) is 0 Å². The molecule has 2 aromatic heterocycles. The van der Waals surface area contributed by atoms with Gasteiger partial charge in [-0.3, -0.25) is 8.77 Å². The molecule has 4 aromatic rings. The van der Waals surface area contributed by atoms with E-state index in [9.17, 15) is 9.90 Å². The monoisotopic (exact) mass is 657 g/mol. The summed E-state index contributed by atoms with van der Waals surface area (Å²) in [5.41, 5.74) is 6.10. The number of hydrogen-bond donors (Lipinski definition) is 2. The molecule has 0 radical (unpaired) electrons. The van der Waals surface area contributed by atoms with Gasteiger partial charge in [0.25, 0.3) is 5.56 Å². The molecule has 2 N–H and O–H groups in total. The van der Waals surface area contributed by atoms with E-state index in [1.165, 1.54) is 30.4 Å². The lowest BCUT2D eigenvalue weighted by molar-refractivity contribution is 0.0786. The first-order valence-corrected chi connectivity index (χ1v) is 15.1. The van der Waals surface area contributed by atoms with E-state index in [-0.39, 0.29) is 5.56 Å². The zero-order chi connectivity index (χ0) is 27.6. The molecular formula is C31H36IN3O3S. The number of aliphatic hydroxyl groups is 1. The van der Waals surface area contributed by atoms with Crippen molar-refractivity contribution in [3.8, 4) is 11.1 Å². The Bertz CT molecular complexity index is 1500. The largest absolute Gasteiger partial charge is 0.386 e. The summed E-state index contributed by atoms with van der Waals surface area (Å²) in [7, 11) is 1.78. The van der Waals surface area contributed by atoms with E-state index >= 15 is 0 Å². The van der Waals surface area contributed by atoms with E-state index in [0.717, 1.165) is 71.7 Å². The minimum Gasteiger partial charge on any atom is -0.386 e. The Hall–Kier alpha value is -2.11. The molecule has 1 fully saturated rings. The van der Waals surface area contributed by atoms with Crippen LogP contribution in [-0.2, 0) is 28.0 Å². The van der Waals surface area contributed by atoms with Crippen LogP contribution in [0.4, 0.5) is 0 Å². The second-order valence-corrected chi connectivity index (χ2v) is 12.9. The van der Waals surface area contributed by atoms with E-state index in [2.05, 4.69) is 41.7 Å². The minimum absolute atomic E-state index is 0.0834. The van der Waals surface area contributed by atoms with Gasteiger partial charge < -0.3 is 15.0 Å². The van der Waals surface area contributed by atoms with Crippen LogP contribution in [0.15, 0.2) is 65.7 Å². The second-order valence-electron chi connectivity index (χ2n) is 11.2. The number of aromatic nitrogens is 2. The van der Waals surface area contributed by atoms with Gasteiger partial charge in [-0.05, 0) is 105 Å². The number of pyridine rings is 1. The Morgan fingerprint density at radius 2 is 1.79 bits per heavy atom. The topological polar surface area (TPSA) is 68.4 Å². The molecule has 1 saturated heterocycles. The van der Waals surface area contributed by atoms with Crippen LogP contribution in [0.3, 0.4) is 0 Å². The summed E-state index contributed by atoms with van der Waals surface area (Å²) in [5, 5.41) is 15.1. The number of fused-ring (bicyclic) bond motifs is 1. The van der Waals surface area contributed by atoms with Crippen LogP contribution in [0.2, 0.25) is 0 Å². The maximum Gasteiger partial charge on any atom is 0.275 e. The van der Waals surface area contributed by atoms with Gasteiger partial charge in [0.15, 0.2) is 0 Å². The molecule has 0 bridgehead atoms. The Balaban J connectivity index is 1.49. The molecule has 0 unspecified atom stereocenters. The number of nitrogens with one attached hydrogen (secondary N) is 1. The first kappa shape index (κ1) is 28.4. The van der Waals surface area contributed by atoms with Crippen molar-refractivity contribution in [2.24, 2.45) is 13.0 Å². The van der Waals surface area contributed by atoms with E-state index in [1.54, 1.807) is 29.4 Å². The van der Waals surface area contributed by atoms with Crippen LogP contribution in [-0.4, -0.2) is 26.7 Å². The molecular weight excluding hydrogens is 621 g/mol. The van der Waals surface area contributed by atoms with Gasteiger partial charge in [0, 0.05) is 30.4 Å². The fourth-order valence-corrected chi connectivity index (χ4v) is 6.53. The van der Waals surface area contributed by atoms with Crippen molar-refractivity contribution >= 4 is 46.1 Å². The fraction of sp³-hybridized carbons (Fsp3) is 0.387. The molecule has 5 rings (SSSR count). The predicted molar refractivity (Wildman–Crippen MR) is 169 cm³/mol. The van der Waals surface area contributed by atoms with Crippen molar-refractivity contribution in [2.45, 2.75) is 51.6 Å². The molecule has 6 nitrogen and oxygen atoms in total. The second kappa shape index (κ2) is 12.2. The van der Waals surface area contributed by atoms with Gasteiger partial charge in [0.1, 0.15) is 40.8 Å². The van der Waals surface area contributed by atoms with Crippen LogP contribution >= 0.6 is 35.2 Å². The number of rotatable bonds is 9. The zero-order valence-electron chi connectivity index (χ0n) is 22.7. The van der Waals surface area contributed by atoms with E-state index in [1.807, 2.05) is 47.5 Å². The average molecular weight is 658 g/mol. The van der Waals surface area contributed by atoms with Gasteiger partial charge in [-0.1, -0.05) is 36.4 Å². The van der Waals surface area contributed by atoms with E-state index in [0.29, 0.717) is 5.52 Å². The number of halogens is 1. The van der Waals surface area contributed by atoms with Crippen molar-refractivity contribution in [3.05, 3.63) is 93.5 Å². The summed E-state index contributed by atoms with van der Waals surface area (Å²) in [5.74, 6) is 0.832. The van der Waals surface area contributed by atoms with Crippen molar-refractivity contribution in [2.75, 3.05) is 13.1 Å². The van der Waals surface area contributed by atoms with Crippen LogP contribution in [0.5, 0.6) is 0 Å². The quantitative estimate of drug-likeness (QED) is 0.158. The third-order valence-corrected chi connectivity index (χ3v) is 8.92. The molecule has 39 heavy (non-hydrogen) atoms. The fourth-order valence-electron chi connectivity index (χ4n) is 5.58. The molecule has 3 heterocycles. The maximum atomic E-state index is 13.1. The lowest BCUT2D eigenvalue weighted by atomic mass is 9.88. The minimum atomic E-state index is -0.986. The van der Waals surface area contributed by atoms with Crippen molar-refractivity contribution in [1.29, 1.82) is 0 Å². The van der Waals surface area contributed by atoms with Crippen molar-refractivity contribution in [3.63, 3.8) is 0 Å². The van der Waals surface area contributed by atoms with Gasteiger partial charge >= 0.3 is 0 Å². The van der Waals surface area contributed by atoms with Crippen molar-refractivity contribution in [1.82, 2.24) is 13.9 Å². The van der Waals surface area contributed by atoms with Gasteiger partial charge in [0.05, 0.1) is 5.60 Å². The number of aryl methyl sites for hydroxylation is 2. The summed E-state index contributed by atoms with van der Waals surface area (Å²) in [4.78, 5) is 13.1. The van der Waals surface area contributed by atoms with Crippen molar-refractivity contribution < 1.29 is 7.62 Å². The first-order chi connectivity index (χ1) is 18.7. The van der Waals surface area contributed by atoms with Gasteiger partial charge in [0.2, 0.25) is 0 Å². The van der Waals surface area contributed by atoms with Crippen LogP contribution in [0, 0.1) is 5.92 Å². The maximum absolute atomic E-state index is 13.1. The molecule has 2 aromatic carbocycles. The molecule has 206 valence electrons. The number of hydrogen-bond acceptors (Lipinski definition) is 5. The molecule has 1 aliphatic rings. The standard InChI is InChI=1S/C31H36IN3O3S/c1-31(2,37)25-11-10-24(18-23-8-6-21(7-9-23)4-5-22-12-15-33-16-13-22)27(19-25)28-20-34(3)30(36)29-26(28)14-17-35(29)39-38-32/h6-11,14,17,19-20,22,33,37H,4-5,12-13,15-16,18H2,1-3H3. The zero-order valence-corrected chi connectivity index (χ0v) is 25.7. The van der Waals surface area contributed by atoms with Crippen LogP contribution in [0.1, 0.15) is 55.4 Å². The predicted octanol–water partition coefficient (Wildman–Crippen LogP) is 6.54. The molecule has 8 heteroatoms. The Morgan fingerprint density at radius 1 is 1.08 bits per heavy atom. The SMILES string of the molecule is Cn1cc(-c2cc(C(C)(C)O)ccc2Cc2ccc(CCC3CCNCC3)cc2)c2ccn(SOI)c2c1=O. The highest BCUT2D eigenvalue weighted by molar-refractivity contribution is 14.1. The lowest BCUT2D eigenvalue weighted by Crippen LogP contribution is -2.27. The summed E-state index contributed by atoms with van der Waals surface area (Å²) in [6.07, 6.45) is 9.48. The third kappa shape index (κ3) is 6.46. The van der Waals surface area contributed by atoms with Gasteiger partial charge in [-0.25, -0.2) is 2.51 Å². The highest BCUT2D eigenvalue weighted by atomic mass is 127. The molecule has 1 aliphatic heterocycles. The normalized spacial score (nSPS) is 14.8. The number of benzene rings is 2. The van der Waals surface area contributed by atoms with E-state index < -0.39 is 5.60 Å².